The van der Waals surface area contributed by atoms with Crippen LogP contribution in [0.1, 0.15) is 34.3 Å². The van der Waals surface area contributed by atoms with E-state index in [-0.39, 0.29) is 30.3 Å². The quantitative estimate of drug-likeness (QED) is 0.344. The van der Waals surface area contributed by atoms with Gasteiger partial charge in [-0.25, -0.2) is 9.07 Å². The van der Waals surface area contributed by atoms with E-state index in [1.54, 1.807) is 23.0 Å². The monoisotopic (exact) mass is 455 g/mol. The van der Waals surface area contributed by atoms with Gasteiger partial charge in [-0.1, -0.05) is 12.1 Å². The average Bonchev–Trinajstić information content (AvgIpc) is 3.60. The Labute approximate surface area is 197 Å². The maximum absolute atomic E-state index is 14.9. The van der Waals surface area contributed by atoms with Gasteiger partial charge in [-0.05, 0) is 72.5 Å². The van der Waals surface area contributed by atoms with Crippen molar-refractivity contribution in [3.63, 3.8) is 0 Å². The predicted octanol–water partition coefficient (Wildman–Crippen LogP) is 5.18. The normalized spacial score (nSPS) is 13.3. The summed E-state index contributed by atoms with van der Waals surface area (Å²) in [6.45, 7) is 0. The molecule has 0 unspecified atom stereocenters. The van der Waals surface area contributed by atoms with E-state index in [2.05, 4.69) is 5.10 Å². The van der Waals surface area contributed by atoms with Gasteiger partial charge >= 0.3 is 0 Å². The highest BCUT2D eigenvalue weighted by atomic mass is 19.1. The summed E-state index contributed by atoms with van der Waals surface area (Å²) in [4.78, 5) is 26.8. The Kier molecular flexibility index (Phi) is 5.74. The number of carbonyl (C=O) groups is 2. The number of nitrogens with zero attached hydrogens (tertiary/aromatic N) is 3. The van der Waals surface area contributed by atoms with Crippen LogP contribution < -0.4 is 4.90 Å². The molecular formula is C28H26FN3O2. The Hall–Kier alpha value is -3.80. The first-order valence-corrected chi connectivity index (χ1v) is 11.5. The first-order valence-electron chi connectivity index (χ1n) is 11.5. The lowest BCUT2D eigenvalue weighted by molar-refractivity contribution is -0.119. The fourth-order valence-electron chi connectivity index (χ4n) is 4.20. The second kappa shape index (κ2) is 8.86. The molecule has 172 valence electrons. The SMILES string of the molecule is CN(C)c1ccc(C(=O)Cc2ccc3c(cnn3-c3ccc(CC(=O)C4CC4)cc3F)c2)cc1. The van der Waals surface area contributed by atoms with E-state index < -0.39 is 5.82 Å². The molecule has 0 spiro atoms. The summed E-state index contributed by atoms with van der Waals surface area (Å²) in [5.41, 5.74) is 4.37. The number of halogens is 1. The number of Topliss-reactive ketones (excluding diaryl/α,β-unsaturated/α-hetero) is 2. The van der Waals surface area contributed by atoms with Crippen LogP contribution in [0.3, 0.4) is 0 Å². The molecule has 1 heterocycles. The third kappa shape index (κ3) is 4.49. The third-order valence-electron chi connectivity index (χ3n) is 6.35. The van der Waals surface area contributed by atoms with Gasteiger partial charge in [0.2, 0.25) is 0 Å². The number of anilines is 1. The molecule has 1 saturated carbocycles. The van der Waals surface area contributed by atoms with Crippen molar-refractivity contribution in [1.82, 2.24) is 9.78 Å². The number of fused-ring (bicyclic) bond motifs is 1. The molecule has 6 heteroatoms. The minimum Gasteiger partial charge on any atom is -0.378 e. The highest BCUT2D eigenvalue weighted by molar-refractivity contribution is 5.98. The van der Waals surface area contributed by atoms with E-state index in [1.165, 1.54) is 6.07 Å². The Morgan fingerprint density at radius 3 is 2.35 bits per heavy atom. The lowest BCUT2D eigenvalue weighted by Gasteiger charge is -2.12. The molecule has 0 N–H and O–H groups in total. The number of hydrogen-bond donors (Lipinski definition) is 0. The lowest BCUT2D eigenvalue weighted by Crippen LogP contribution is -2.09. The summed E-state index contributed by atoms with van der Waals surface area (Å²) >= 11 is 0. The van der Waals surface area contributed by atoms with Gasteiger partial charge in [0.25, 0.3) is 0 Å². The zero-order valence-corrected chi connectivity index (χ0v) is 19.3. The summed E-state index contributed by atoms with van der Waals surface area (Å²) < 4.78 is 16.5. The molecular weight excluding hydrogens is 429 g/mol. The van der Waals surface area contributed by atoms with Gasteiger partial charge in [-0.3, -0.25) is 9.59 Å². The van der Waals surface area contributed by atoms with Gasteiger partial charge in [-0.2, -0.15) is 5.10 Å². The average molecular weight is 456 g/mol. The number of benzene rings is 3. The van der Waals surface area contributed by atoms with Crippen molar-refractivity contribution in [2.75, 3.05) is 19.0 Å². The number of rotatable bonds is 8. The first-order chi connectivity index (χ1) is 16.4. The van der Waals surface area contributed by atoms with E-state index in [0.29, 0.717) is 16.8 Å². The second-order valence-corrected chi connectivity index (χ2v) is 9.19. The Bertz CT molecular complexity index is 1380. The molecule has 1 fully saturated rings. The van der Waals surface area contributed by atoms with E-state index in [9.17, 15) is 14.0 Å². The molecule has 5 rings (SSSR count). The van der Waals surface area contributed by atoms with E-state index in [1.807, 2.05) is 61.5 Å². The maximum atomic E-state index is 14.9. The topological polar surface area (TPSA) is 55.2 Å². The fraction of sp³-hybridized carbons (Fsp3) is 0.250. The molecule has 4 aromatic rings. The first kappa shape index (κ1) is 22.0. The zero-order chi connectivity index (χ0) is 23.8. The highest BCUT2D eigenvalue weighted by Gasteiger charge is 2.29. The van der Waals surface area contributed by atoms with Crippen molar-refractivity contribution >= 4 is 28.2 Å². The molecule has 0 saturated heterocycles. The lowest BCUT2D eigenvalue weighted by atomic mass is 10.0. The van der Waals surface area contributed by atoms with Gasteiger partial charge in [0.1, 0.15) is 17.3 Å². The van der Waals surface area contributed by atoms with Gasteiger partial charge < -0.3 is 4.90 Å². The van der Waals surface area contributed by atoms with Gasteiger partial charge in [0.15, 0.2) is 5.78 Å². The van der Waals surface area contributed by atoms with Gasteiger partial charge in [0.05, 0.1) is 11.7 Å². The second-order valence-electron chi connectivity index (χ2n) is 9.19. The summed E-state index contributed by atoms with van der Waals surface area (Å²) in [6, 6.07) is 18.1. The van der Waals surface area contributed by atoms with Gasteiger partial charge in [-0.15, -0.1) is 0 Å². The van der Waals surface area contributed by atoms with Crippen LogP contribution in [0.25, 0.3) is 16.6 Å². The van der Waals surface area contributed by atoms with Crippen LogP contribution in [0.2, 0.25) is 0 Å². The van der Waals surface area contributed by atoms with Crippen molar-refractivity contribution in [2.24, 2.45) is 5.92 Å². The number of aromatic nitrogens is 2. The standard InChI is InChI=1S/C28H26FN3O2/c1-31(2)23-9-7-21(8-10-23)27(33)15-18-3-11-25-22(13-18)17-30-32(25)26-12-4-19(14-24(26)29)16-28(34)20-5-6-20/h3-4,7-14,17,20H,5-6,15-16H2,1-2H3. The highest BCUT2D eigenvalue weighted by Crippen LogP contribution is 2.31. The predicted molar refractivity (Wildman–Crippen MR) is 131 cm³/mol. The molecule has 1 aliphatic rings. The zero-order valence-electron chi connectivity index (χ0n) is 19.3. The maximum Gasteiger partial charge on any atom is 0.167 e. The van der Waals surface area contributed by atoms with Crippen molar-refractivity contribution < 1.29 is 14.0 Å². The summed E-state index contributed by atoms with van der Waals surface area (Å²) in [5, 5.41) is 5.21. The minimum absolute atomic E-state index is 0.0411. The number of hydrogen-bond acceptors (Lipinski definition) is 4. The molecule has 0 amide bonds. The van der Waals surface area contributed by atoms with Gasteiger partial charge in [0, 0.05) is 49.5 Å². The van der Waals surface area contributed by atoms with Crippen LogP contribution in [-0.2, 0) is 17.6 Å². The van der Waals surface area contributed by atoms with Crippen LogP contribution in [0, 0.1) is 11.7 Å². The fourth-order valence-corrected chi connectivity index (χ4v) is 4.20. The molecule has 0 bridgehead atoms. The smallest absolute Gasteiger partial charge is 0.167 e. The molecule has 1 aromatic heterocycles. The van der Waals surface area contributed by atoms with Crippen LogP contribution in [0.15, 0.2) is 66.9 Å². The molecule has 3 aromatic carbocycles. The van der Waals surface area contributed by atoms with Crippen molar-refractivity contribution in [2.45, 2.75) is 25.7 Å². The van der Waals surface area contributed by atoms with Crippen molar-refractivity contribution in [1.29, 1.82) is 0 Å². The molecule has 0 atom stereocenters. The Balaban J connectivity index is 1.34. The third-order valence-corrected chi connectivity index (χ3v) is 6.35. The molecule has 5 nitrogen and oxygen atoms in total. The summed E-state index contributed by atoms with van der Waals surface area (Å²) in [7, 11) is 3.92. The Morgan fingerprint density at radius 2 is 1.68 bits per heavy atom. The molecule has 0 radical (unpaired) electrons. The van der Waals surface area contributed by atoms with Crippen LogP contribution >= 0.6 is 0 Å². The summed E-state index contributed by atoms with van der Waals surface area (Å²) in [6.07, 6.45) is 4.14. The largest absolute Gasteiger partial charge is 0.378 e. The molecule has 1 aliphatic carbocycles. The molecule has 0 aliphatic heterocycles. The van der Waals surface area contributed by atoms with E-state index in [0.717, 1.165) is 35.0 Å². The van der Waals surface area contributed by atoms with Crippen LogP contribution in [0.4, 0.5) is 10.1 Å². The Morgan fingerprint density at radius 1 is 0.971 bits per heavy atom. The van der Waals surface area contributed by atoms with Crippen LogP contribution in [0.5, 0.6) is 0 Å². The van der Waals surface area contributed by atoms with E-state index >= 15 is 0 Å². The summed E-state index contributed by atoms with van der Waals surface area (Å²) in [5.74, 6) is -0.0189. The molecule has 34 heavy (non-hydrogen) atoms. The van der Waals surface area contributed by atoms with Crippen molar-refractivity contribution in [3.05, 3.63) is 89.4 Å². The number of ketones is 2. The minimum atomic E-state index is -0.411. The van der Waals surface area contributed by atoms with Crippen molar-refractivity contribution in [3.8, 4) is 5.69 Å². The van der Waals surface area contributed by atoms with Crippen LogP contribution in [-0.4, -0.2) is 35.4 Å². The number of carbonyl (C=O) groups excluding carboxylic acids is 2. The van der Waals surface area contributed by atoms with E-state index in [4.69, 9.17) is 0 Å².